The Kier molecular flexibility index (Phi) is 7.17. The van der Waals surface area contributed by atoms with Gasteiger partial charge in [0.15, 0.2) is 0 Å². The van der Waals surface area contributed by atoms with Gasteiger partial charge >= 0.3 is 21.9 Å². The molecule has 15 heavy (non-hydrogen) atoms. The van der Waals surface area contributed by atoms with Crippen LogP contribution in [0.1, 0.15) is 0 Å². The molecule has 0 aromatic rings. The van der Waals surface area contributed by atoms with Gasteiger partial charge in [-0.15, -0.1) is 0 Å². The summed E-state index contributed by atoms with van der Waals surface area (Å²) in [6.07, 6.45) is 0. The monoisotopic (exact) mass is 306 g/mol. The molecule has 0 bridgehead atoms. The van der Waals surface area contributed by atoms with E-state index in [-0.39, 0.29) is 0 Å². The third-order valence-electron chi connectivity index (χ3n) is 0.602. The molecule has 94 valence electrons. The topological polar surface area (TPSA) is 196 Å². The Hall–Kier alpha value is 0.790. The van der Waals surface area contributed by atoms with Gasteiger partial charge in [0.2, 0.25) is 0 Å². The van der Waals surface area contributed by atoms with E-state index in [9.17, 15) is 9.13 Å². The normalized spacial score (nSPS) is 13.4. The first-order valence-corrected chi connectivity index (χ1v) is 8.75. The molecule has 0 aromatic heterocycles. The summed E-state index contributed by atoms with van der Waals surface area (Å²) in [7, 11) is -10.2. The second kappa shape index (κ2) is 5.92. The smallest absolute Gasteiger partial charge is 0.366 e. The molecule has 8 N–H and O–H groups in total. The highest BCUT2D eigenvalue weighted by molar-refractivity contribution is 8.06. The standard InChI is InChI=1S/CH6O7P2.H3O3PS/c2-1(9(3,4)5)10(6,7)8;1-4(2,3)5/h1-2H,(H2,3,4,5)(H2,6,7,8);(H3,1,2,3,5). The van der Waals surface area contributed by atoms with Crippen LogP contribution < -0.4 is 0 Å². The van der Waals surface area contributed by atoms with Crippen LogP contribution in [0.2, 0.25) is 0 Å². The lowest BCUT2D eigenvalue weighted by Crippen LogP contribution is -2.06. The van der Waals surface area contributed by atoms with Crippen molar-refractivity contribution in [1.29, 1.82) is 0 Å². The summed E-state index contributed by atoms with van der Waals surface area (Å²) >= 11 is 3.60. The lowest BCUT2D eigenvalue weighted by atomic mass is 11.7. The fourth-order valence-electron chi connectivity index (χ4n) is 0.196. The number of hydrogen-bond donors (Lipinski definition) is 8. The number of hydrogen-bond acceptors (Lipinski definition) is 4. The molecule has 0 atom stereocenters. The average molecular weight is 306 g/mol. The molecule has 0 heterocycles. The minimum atomic E-state index is -5.09. The SMILES string of the molecule is O=P(O)(O)C(O)P(=O)(O)O.OP(O)(O)=S. The molecule has 10 nitrogen and oxygen atoms in total. The van der Waals surface area contributed by atoms with E-state index in [4.69, 9.17) is 39.4 Å². The summed E-state index contributed by atoms with van der Waals surface area (Å²) in [5.41, 5.74) is -2.90. The molecule has 0 spiro atoms. The van der Waals surface area contributed by atoms with Gasteiger partial charge in [-0.05, 0) is 11.8 Å². The predicted molar refractivity (Wildman–Crippen MR) is 51.0 cm³/mol. The molecular formula is CH9O10P3S. The first kappa shape index (κ1) is 18.2. The maximum absolute atomic E-state index is 9.93. The van der Waals surface area contributed by atoms with E-state index in [1.165, 1.54) is 0 Å². The number of rotatable bonds is 2. The highest BCUT2D eigenvalue weighted by Gasteiger charge is 2.41. The molecule has 14 heteroatoms. The van der Waals surface area contributed by atoms with Crippen molar-refractivity contribution in [3.8, 4) is 0 Å². The van der Waals surface area contributed by atoms with E-state index in [0.29, 0.717) is 0 Å². The van der Waals surface area contributed by atoms with Crippen LogP contribution in [0.5, 0.6) is 0 Å². The molecule has 0 aliphatic rings. The maximum Gasteiger partial charge on any atom is 0.366 e. The fourth-order valence-corrected chi connectivity index (χ4v) is 1.76. The van der Waals surface area contributed by atoms with Gasteiger partial charge in [-0.3, -0.25) is 9.13 Å². The molecule has 0 radical (unpaired) electrons. The third-order valence-corrected chi connectivity index (χ3v) is 3.61. The molecule has 0 saturated heterocycles. The van der Waals surface area contributed by atoms with Crippen molar-refractivity contribution >= 4 is 33.7 Å². The molecule has 0 aromatic carbocycles. The zero-order chi connectivity index (χ0) is 13.1. The van der Waals surface area contributed by atoms with Gasteiger partial charge in [0.1, 0.15) is 0 Å². The Morgan fingerprint density at radius 1 is 0.800 bits per heavy atom. The number of aliphatic hydroxyl groups is 1. The second-order valence-electron chi connectivity index (χ2n) is 2.04. The van der Waals surface area contributed by atoms with E-state index in [0.717, 1.165) is 0 Å². The van der Waals surface area contributed by atoms with Crippen LogP contribution in [0.3, 0.4) is 0 Å². The van der Waals surface area contributed by atoms with Gasteiger partial charge in [-0.25, -0.2) is 0 Å². The Balaban J connectivity index is 0. The first-order chi connectivity index (χ1) is 6.15. The van der Waals surface area contributed by atoms with Crippen LogP contribution in [0.15, 0.2) is 0 Å². The summed E-state index contributed by atoms with van der Waals surface area (Å²) in [4.78, 5) is 54.6. The molecule has 0 rings (SSSR count). The van der Waals surface area contributed by atoms with Crippen molar-refractivity contribution < 1.29 is 48.5 Å². The van der Waals surface area contributed by atoms with Gasteiger partial charge in [0, 0.05) is 0 Å². The van der Waals surface area contributed by atoms with Crippen LogP contribution in [-0.2, 0) is 20.9 Å². The maximum atomic E-state index is 9.93. The van der Waals surface area contributed by atoms with Gasteiger partial charge < -0.3 is 39.4 Å². The van der Waals surface area contributed by atoms with Gasteiger partial charge in [0.25, 0.3) is 5.59 Å². The molecule has 0 amide bonds. The molecule has 0 saturated carbocycles. The average Bonchev–Trinajstić information content (AvgIpc) is 1.77. The van der Waals surface area contributed by atoms with Crippen molar-refractivity contribution in [1.82, 2.24) is 0 Å². The zero-order valence-corrected chi connectivity index (χ0v) is 10.2. The van der Waals surface area contributed by atoms with Crippen molar-refractivity contribution in [3.63, 3.8) is 0 Å². The van der Waals surface area contributed by atoms with Crippen molar-refractivity contribution in [3.05, 3.63) is 0 Å². The molecule has 0 fully saturated rings. The summed E-state index contributed by atoms with van der Waals surface area (Å²) in [6.45, 7) is -3.81. The zero-order valence-electron chi connectivity index (χ0n) is 6.72. The summed E-state index contributed by atoms with van der Waals surface area (Å²) in [5, 5.41) is 8.20. The van der Waals surface area contributed by atoms with Crippen LogP contribution in [-0.4, -0.2) is 44.9 Å². The van der Waals surface area contributed by atoms with Crippen LogP contribution in [0, 0.1) is 0 Å². The van der Waals surface area contributed by atoms with E-state index in [2.05, 4.69) is 11.8 Å². The largest absolute Gasteiger partial charge is 0.370 e. The van der Waals surface area contributed by atoms with E-state index in [1.54, 1.807) is 0 Å². The molecule has 0 aliphatic carbocycles. The van der Waals surface area contributed by atoms with Crippen LogP contribution >= 0.6 is 21.9 Å². The summed E-state index contributed by atoms with van der Waals surface area (Å²) in [5.74, 6) is 0. The Morgan fingerprint density at radius 3 is 0.933 bits per heavy atom. The lowest BCUT2D eigenvalue weighted by Gasteiger charge is -2.12. The first-order valence-electron chi connectivity index (χ1n) is 2.72. The summed E-state index contributed by atoms with van der Waals surface area (Å²) < 4.78 is 19.9. The van der Waals surface area contributed by atoms with Crippen molar-refractivity contribution in [2.24, 2.45) is 0 Å². The minimum Gasteiger partial charge on any atom is -0.370 e. The second-order valence-corrected chi connectivity index (χ2v) is 8.28. The van der Waals surface area contributed by atoms with Gasteiger partial charge in [-0.2, -0.15) is 0 Å². The van der Waals surface area contributed by atoms with Crippen molar-refractivity contribution in [2.75, 3.05) is 0 Å². The van der Waals surface area contributed by atoms with E-state index < -0.39 is 27.5 Å². The predicted octanol–water partition coefficient (Wildman–Crippen LogP) is -2.19. The van der Waals surface area contributed by atoms with E-state index >= 15 is 0 Å². The molecular weight excluding hydrogens is 297 g/mol. The minimum absolute atomic E-state index is 2.90. The molecule has 0 aliphatic heterocycles. The highest BCUT2D eigenvalue weighted by atomic mass is 32.5. The Morgan fingerprint density at radius 2 is 0.933 bits per heavy atom. The Bertz CT molecular complexity index is 287. The quantitative estimate of drug-likeness (QED) is 0.258. The van der Waals surface area contributed by atoms with E-state index in [1.807, 2.05) is 0 Å². The summed E-state index contributed by atoms with van der Waals surface area (Å²) in [6, 6.07) is 0. The number of aliphatic hydroxyl groups excluding tert-OH is 1. The fraction of sp³-hybridized carbons (Fsp3) is 1.00. The lowest BCUT2D eigenvalue weighted by molar-refractivity contribution is 0.220. The van der Waals surface area contributed by atoms with Crippen molar-refractivity contribution in [2.45, 2.75) is 5.59 Å². The van der Waals surface area contributed by atoms with Gasteiger partial charge in [0.05, 0.1) is 0 Å². The van der Waals surface area contributed by atoms with Gasteiger partial charge in [-0.1, -0.05) is 0 Å². The third kappa shape index (κ3) is 14.8. The van der Waals surface area contributed by atoms with Crippen LogP contribution in [0.4, 0.5) is 0 Å². The Labute approximate surface area is 88.4 Å². The van der Waals surface area contributed by atoms with Crippen LogP contribution in [0.25, 0.3) is 0 Å². The molecule has 0 unspecified atom stereocenters. The highest BCUT2D eigenvalue weighted by Crippen LogP contribution is 2.58.